The number of amides is 2. The Balaban J connectivity index is 1.86. The van der Waals surface area contributed by atoms with Gasteiger partial charge in [0.05, 0.1) is 6.54 Å². The third-order valence-corrected chi connectivity index (χ3v) is 3.95. The number of benzene rings is 1. The van der Waals surface area contributed by atoms with Gasteiger partial charge in [-0.05, 0) is 44.7 Å². The number of ether oxygens (including phenoxy) is 1. The number of carboxylic acids is 1. The molecule has 7 nitrogen and oxygen atoms in total. The van der Waals surface area contributed by atoms with Gasteiger partial charge in [-0.25, -0.2) is 4.79 Å². The molecule has 2 amide bonds. The molecule has 1 fully saturated rings. The van der Waals surface area contributed by atoms with E-state index in [1.54, 1.807) is 0 Å². The Bertz CT molecular complexity index is 648. The summed E-state index contributed by atoms with van der Waals surface area (Å²) >= 11 is 0. The Morgan fingerprint density at radius 3 is 2.25 bits per heavy atom. The minimum atomic E-state index is -1.08. The molecule has 1 aromatic carbocycles. The summed E-state index contributed by atoms with van der Waals surface area (Å²) in [4.78, 5) is 34.8. The lowest BCUT2D eigenvalue weighted by molar-refractivity contribution is -0.152. The van der Waals surface area contributed by atoms with Crippen LogP contribution in [-0.4, -0.2) is 41.6 Å². The van der Waals surface area contributed by atoms with E-state index in [9.17, 15) is 14.4 Å². The zero-order valence-corrected chi connectivity index (χ0v) is 14.0. The second-order valence-corrected chi connectivity index (χ2v) is 6.07. The van der Waals surface area contributed by atoms with E-state index in [-0.39, 0.29) is 12.5 Å². The number of carbonyl (C=O) groups is 3. The van der Waals surface area contributed by atoms with Crippen molar-refractivity contribution in [3.8, 4) is 0 Å². The smallest absolute Gasteiger partial charge is 0.332 e. The highest BCUT2D eigenvalue weighted by molar-refractivity contribution is 5.96. The van der Waals surface area contributed by atoms with E-state index in [0.717, 1.165) is 22.4 Å². The van der Waals surface area contributed by atoms with Crippen LogP contribution < -0.4 is 10.6 Å². The molecule has 0 spiro atoms. The monoisotopic (exact) mass is 334 g/mol. The predicted molar refractivity (Wildman–Crippen MR) is 87.8 cm³/mol. The predicted octanol–water partition coefficient (Wildman–Crippen LogP) is 1.30. The molecule has 2 rings (SSSR count). The SMILES string of the molecule is Cc1cc(C)c(NC(=O)CNC(=O)[C@@H]2CC[C@H](C(=O)O)O2)c(C)c1. The molecule has 3 N–H and O–H groups in total. The number of aliphatic carboxylic acids is 1. The van der Waals surface area contributed by atoms with Gasteiger partial charge >= 0.3 is 5.97 Å². The van der Waals surface area contributed by atoms with Gasteiger partial charge in [0, 0.05) is 5.69 Å². The number of carboxylic acid groups (broad SMARTS) is 1. The van der Waals surface area contributed by atoms with Gasteiger partial charge in [-0.3, -0.25) is 9.59 Å². The number of hydrogen-bond donors (Lipinski definition) is 3. The summed E-state index contributed by atoms with van der Waals surface area (Å²) < 4.78 is 5.14. The molecule has 0 saturated carbocycles. The number of anilines is 1. The molecule has 2 atom stereocenters. The van der Waals surface area contributed by atoms with Gasteiger partial charge in [-0.15, -0.1) is 0 Å². The maximum atomic E-state index is 12.0. The van der Waals surface area contributed by atoms with Crippen molar-refractivity contribution in [2.75, 3.05) is 11.9 Å². The van der Waals surface area contributed by atoms with E-state index >= 15 is 0 Å². The Labute approximate surface area is 140 Å². The van der Waals surface area contributed by atoms with E-state index in [0.29, 0.717) is 12.8 Å². The molecule has 0 aliphatic carbocycles. The van der Waals surface area contributed by atoms with Gasteiger partial charge in [0.2, 0.25) is 11.8 Å². The first-order valence-corrected chi connectivity index (χ1v) is 7.81. The van der Waals surface area contributed by atoms with Crippen molar-refractivity contribution in [3.05, 3.63) is 28.8 Å². The normalized spacial score (nSPS) is 19.8. The van der Waals surface area contributed by atoms with Crippen LogP contribution in [0.25, 0.3) is 0 Å². The quantitative estimate of drug-likeness (QED) is 0.753. The fraction of sp³-hybridized carbons (Fsp3) is 0.471. The minimum absolute atomic E-state index is 0.191. The van der Waals surface area contributed by atoms with E-state index in [4.69, 9.17) is 9.84 Å². The molecular formula is C17H22N2O5. The summed E-state index contributed by atoms with van der Waals surface area (Å²) in [6, 6.07) is 3.94. The maximum absolute atomic E-state index is 12.0. The summed E-state index contributed by atoms with van der Waals surface area (Å²) in [7, 11) is 0. The third-order valence-electron chi connectivity index (χ3n) is 3.95. The van der Waals surface area contributed by atoms with Crippen molar-refractivity contribution in [2.24, 2.45) is 0 Å². The number of rotatable bonds is 5. The summed E-state index contributed by atoms with van der Waals surface area (Å²) in [5.41, 5.74) is 3.76. The maximum Gasteiger partial charge on any atom is 0.332 e. The highest BCUT2D eigenvalue weighted by Gasteiger charge is 2.34. The second kappa shape index (κ2) is 7.44. The first-order valence-electron chi connectivity index (χ1n) is 7.81. The molecule has 7 heteroatoms. The average Bonchev–Trinajstić information content (AvgIpc) is 2.98. The van der Waals surface area contributed by atoms with Gasteiger partial charge in [0.1, 0.15) is 6.10 Å². The molecule has 1 aliphatic heterocycles. The lowest BCUT2D eigenvalue weighted by atomic mass is 10.1. The van der Waals surface area contributed by atoms with Crippen molar-refractivity contribution in [2.45, 2.75) is 45.8 Å². The fourth-order valence-electron chi connectivity index (χ4n) is 2.85. The Morgan fingerprint density at radius 2 is 1.71 bits per heavy atom. The zero-order chi connectivity index (χ0) is 17.9. The van der Waals surface area contributed by atoms with Crippen LogP contribution in [0.4, 0.5) is 5.69 Å². The Kier molecular flexibility index (Phi) is 5.56. The summed E-state index contributed by atoms with van der Waals surface area (Å²) in [6.07, 6.45) is -1.14. The van der Waals surface area contributed by atoms with E-state index in [1.807, 2.05) is 32.9 Å². The Hall–Kier alpha value is -2.41. The van der Waals surface area contributed by atoms with Crippen molar-refractivity contribution < 1.29 is 24.2 Å². The van der Waals surface area contributed by atoms with E-state index in [2.05, 4.69) is 10.6 Å². The highest BCUT2D eigenvalue weighted by Crippen LogP contribution is 2.22. The fourth-order valence-corrected chi connectivity index (χ4v) is 2.85. The standard InChI is InChI=1S/C17H22N2O5/c1-9-6-10(2)15(11(3)7-9)19-14(20)8-18-16(21)12-4-5-13(24-12)17(22)23/h6-7,12-13H,4-5,8H2,1-3H3,(H,18,21)(H,19,20)(H,22,23)/t12-,13+/m0/s1. The number of carbonyl (C=O) groups excluding carboxylic acids is 2. The molecular weight excluding hydrogens is 312 g/mol. The number of nitrogens with one attached hydrogen (secondary N) is 2. The summed E-state index contributed by atoms with van der Waals surface area (Å²) in [5.74, 6) is -1.88. The van der Waals surface area contributed by atoms with Crippen molar-refractivity contribution in [1.29, 1.82) is 0 Å². The first kappa shape index (κ1) is 17.9. The van der Waals surface area contributed by atoms with Gasteiger partial charge < -0.3 is 20.5 Å². The Morgan fingerprint density at radius 1 is 1.12 bits per heavy atom. The van der Waals surface area contributed by atoms with Gasteiger partial charge in [0.15, 0.2) is 6.10 Å². The third kappa shape index (κ3) is 4.32. The van der Waals surface area contributed by atoms with Crippen LogP contribution in [-0.2, 0) is 19.1 Å². The zero-order valence-electron chi connectivity index (χ0n) is 14.0. The molecule has 1 aliphatic rings. The summed E-state index contributed by atoms with van der Waals surface area (Å²) in [6.45, 7) is 5.61. The molecule has 130 valence electrons. The van der Waals surface area contributed by atoms with Gasteiger partial charge in [0.25, 0.3) is 0 Å². The van der Waals surface area contributed by atoms with Crippen LogP contribution in [0, 0.1) is 20.8 Å². The molecule has 1 aromatic rings. The van der Waals surface area contributed by atoms with E-state index < -0.39 is 24.1 Å². The molecule has 0 aromatic heterocycles. The molecule has 1 saturated heterocycles. The van der Waals surface area contributed by atoms with Crippen molar-refractivity contribution in [3.63, 3.8) is 0 Å². The number of hydrogen-bond acceptors (Lipinski definition) is 4. The average molecular weight is 334 g/mol. The topological polar surface area (TPSA) is 105 Å². The molecule has 0 unspecified atom stereocenters. The lowest BCUT2D eigenvalue weighted by Crippen LogP contribution is -2.40. The lowest BCUT2D eigenvalue weighted by Gasteiger charge is -2.14. The van der Waals surface area contributed by atoms with Crippen LogP contribution in [0.15, 0.2) is 12.1 Å². The van der Waals surface area contributed by atoms with Crippen molar-refractivity contribution in [1.82, 2.24) is 5.32 Å². The molecule has 1 heterocycles. The summed E-state index contributed by atoms with van der Waals surface area (Å²) in [5, 5.41) is 14.1. The largest absolute Gasteiger partial charge is 0.479 e. The molecule has 0 bridgehead atoms. The van der Waals surface area contributed by atoms with Crippen LogP contribution in [0.5, 0.6) is 0 Å². The highest BCUT2D eigenvalue weighted by atomic mass is 16.5. The number of aryl methyl sites for hydroxylation is 3. The first-order chi connectivity index (χ1) is 11.3. The molecule has 0 radical (unpaired) electrons. The van der Waals surface area contributed by atoms with Crippen LogP contribution in [0.1, 0.15) is 29.5 Å². The minimum Gasteiger partial charge on any atom is -0.479 e. The van der Waals surface area contributed by atoms with Gasteiger partial charge in [-0.2, -0.15) is 0 Å². The van der Waals surface area contributed by atoms with Crippen LogP contribution in [0.2, 0.25) is 0 Å². The van der Waals surface area contributed by atoms with Crippen LogP contribution >= 0.6 is 0 Å². The second-order valence-electron chi connectivity index (χ2n) is 6.07. The van der Waals surface area contributed by atoms with Gasteiger partial charge in [-0.1, -0.05) is 17.7 Å². The van der Waals surface area contributed by atoms with Crippen LogP contribution in [0.3, 0.4) is 0 Å². The van der Waals surface area contributed by atoms with Crippen molar-refractivity contribution >= 4 is 23.5 Å². The van der Waals surface area contributed by atoms with E-state index in [1.165, 1.54) is 0 Å². The molecule has 24 heavy (non-hydrogen) atoms.